The molecular weight excluding hydrogens is 579 g/mol. The topological polar surface area (TPSA) is 58.0 Å². The first-order valence-corrected chi connectivity index (χ1v) is 16.8. The Morgan fingerprint density at radius 3 is 2.34 bits per heavy atom. The number of benzene rings is 2. The molecule has 238 valence electrons. The fourth-order valence-corrected chi connectivity index (χ4v) is 6.70. The number of amides is 3. The number of rotatable bonds is 14. The zero-order chi connectivity index (χ0) is 30.9. The fraction of sp³-hybridized carbons (Fsp3) is 0.543. The summed E-state index contributed by atoms with van der Waals surface area (Å²) in [5, 5.41) is 1.84. The number of nitrogens with zero attached hydrogens (tertiary/aromatic N) is 4. The van der Waals surface area contributed by atoms with Crippen LogP contribution in [0.4, 0.5) is 14.0 Å². The Bertz CT molecular complexity index is 1390. The van der Waals surface area contributed by atoms with Gasteiger partial charge in [-0.15, -0.1) is 0 Å². The van der Waals surface area contributed by atoms with Crippen LogP contribution in [0.1, 0.15) is 82.6 Å². The molecule has 2 fully saturated rings. The smallest absolute Gasteiger partial charge is 0.418 e. The van der Waals surface area contributed by atoms with Crippen molar-refractivity contribution in [2.24, 2.45) is 0 Å². The molecule has 0 N–H and O–H groups in total. The first kappa shape index (κ1) is 32.3. The van der Waals surface area contributed by atoms with Crippen molar-refractivity contribution in [2.75, 3.05) is 45.9 Å². The van der Waals surface area contributed by atoms with E-state index in [2.05, 4.69) is 22.6 Å². The van der Waals surface area contributed by atoms with Gasteiger partial charge in [0.1, 0.15) is 5.82 Å². The lowest BCUT2D eigenvalue weighted by molar-refractivity contribution is 0.112. The third kappa shape index (κ3) is 8.13. The first-order chi connectivity index (χ1) is 21.4. The average Bonchev–Trinajstić information content (AvgIpc) is 3.59. The van der Waals surface area contributed by atoms with Gasteiger partial charge in [-0.1, -0.05) is 63.5 Å². The van der Waals surface area contributed by atoms with Crippen molar-refractivity contribution in [1.29, 1.82) is 0 Å². The van der Waals surface area contributed by atoms with Crippen LogP contribution < -0.4 is 0 Å². The van der Waals surface area contributed by atoms with Crippen molar-refractivity contribution < 1.29 is 18.7 Å². The molecule has 3 aromatic rings. The molecule has 44 heavy (non-hydrogen) atoms. The normalized spacial score (nSPS) is 16.4. The van der Waals surface area contributed by atoms with Crippen LogP contribution in [0.3, 0.4) is 0 Å². The highest BCUT2D eigenvalue weighted by molar-refractivity contribution is 6.31. The van der Waals surface area contributed by atoms with Crippen LogP contribution in [0.25, 0.3) is 16.6 Å². The van der Waals surface area contributed by atoms with E-state index in [4.69, 9.17) is 16.3 Å². The number of halogens is 2. The van der Waals surface area contributed by atoms with Crippen molar-refractivity contribution in [1.82, 2.24) is 19.3 Å². The summed E-state index contributed by atoms with van der Waals surface area (Å²) in [6, 6.07) is 12.3. The Morgan fingerprint density at radius 1 is 0.909 bits per heavy atom. The van der Waals surface area contributed by atoms with Crippen molar-refractivity contribution in [3.63, 3.8) is 0 Å². The van der Waals surface area contributed by atoms with Gasteiger partial charge < -0.3 is 19.1 Å². The SMILES string of the molecule is CCCCCCCCCCOC(=O)N1CCN(CCN2CCC(c3cn(-c4ccc(F)cc4)c4ccc(Cl)cc34)CC2)C1=O. The number of likely N-dealkylation sites (tertiary alicyclic amines) is 1. The second kappa shape index (κ2) is 15.8. The number of hydrogen-bond donors (Lipinski definition) is 0. The van der Waals surface area contributed by atoms with Crippen molar-refractivity contribution in [3.8, 4) is 5.69 Å². The van der Waals surface area contributed by atoms with Crippen LogP contribution in [-0.2, 0) is 4.74 Å². The maximum Gasteiger partial charge on any atom is 0.418 e. The van der Waals surface area contributed by atoms with Crippen LogP contribution in [0.15, 0.2) is 48.7 Å². The number of piperidine rings is 1. The number of carbonyl (C=O) groups excluding carboxylic acids is 2. The summed E-state index contributed by atoms with van der Waals surface area (Å²) in [6.45, 7) is 6.78. The standard InChI is InChI=1S/C35H46ClFN4O3/c1-2-3-4-5-6-7-8-9-24-44-35(43)40-23-22-39(34(40)42)21-20-38-18-16-27(17-19-38)32-26-41(30-13-11-29(37)12-14-30)33-15-10-28(36)25-31(32)33/h10-15,25-27H,2-9,16-24H2,1H3. The molecule has 5 rings (SSSR count). The van der Waals surface area contributed by atoms with Crippen LogP contribution in [0.5, 0.6) is 0 Å². The molecule has 0 bridgehead atoms. The molecule has 1 aromatic heterocycles. The Morgan fingerprint density at radius 2 is 1.61 bits per heavy atom. The molecule has 3 heterocycles. The van der Waals surface area contributed by atoms with E-state index >= 15 is 0 Å². The molecule has 2 aliphatic heterocycles. The number of hydrogen-bond acceptors (Lipinski definition) is 4. The van der Waals surface area contributed by atoms with Gasteiger partial charge in [0, 0.05) is 41.9 Å². The summed E-state index contributed by atoms with van der Waals surface area (Å²) in [7, 11) is 0. The quantitative estimate of drug-likeness (QED) is 0.169. The molecule has 0 spiro atoms. The van der Waals surface area contributed by atoms with Crippen LogP contribution in [-0.4, -0.2) is 77.3 Å². The second-order valence-corrected chi connectivity index (χ2v) is 12.7. The van der Waals surface area contributed by atoms with Crippen molar-refractivity contribution in [3.05, 3.63) is 65.1 Å². The Labute approximate surface area is 265 Å². The van der Waals surface area contributed by atoms with Crippen LogP contribution in [0, 0.1) is 5.82 Å². The van der Waals surface area contributed by atoms with E-state index in [1.807, 2.05) is 18.2 Å². The number of urea groups is 1. The zero-order valence-electron chi connectivity index (χ0n) is 26.0. The summed E-state index contributed by atoms with van der Waals surface area (Å²) in [5.74, 6) is 0.131. The Hall–Kier alpha value is -3.10. The predicted molar refractivity (Wildman–Crippen MR) is 174 cm³/mol. The van der Waals surface area contributed by atoms with Crippen LogP contribution in [0.2, 0.25) is 5.02 Å². The highest BCUT2D eigenvalue weighted by atomic mass is 35.5. The van der Waals surface area contributed by atoms with E-state index < -0.39 is 6.09 Å². The fourth-order valence-electron chi connectivity index (χ4n) is 6.53. The third-order valence-corrected chi connectivity index (χ3v) is 9.39. The van der Waals surface area contributed by atoms with Crippen molar-refractivity contribution >= 4 is 34.6 Å². The highest BCUT2D eigenvalue weighted by Crippen LogP contribution is 2.37. The molecule has 7 nitrogen and oxygen atoms in total. The van der Waals surface area contributed by atoms with Gasteiger partial charge in [-0.25, -0.2) is 18.9 Å². The molecule has 2 aromatic carbocycles. The molecule has 9 heteroatoms. The molecule has 0 saturated carbocycles. The minimum atomic E-state index is -0.513. The first-order valence-electron chi connectivity index (χ1n) is 16.5. The van der Waals surface area contributed by atoms with Gasteiger partial charge in [-0.3, -0.25) is 0 Å². The largest absolute Gasteiger partial charge is 0.449 e. The van der Waals surface area contributed by atoms with E-state index in [9.17, 15) is 14.0 Å². The summed E-state index contributed by atoms with van der Waals surface area (Å²) in [6.07, 6.45) is 13.1. The molecule has 3 amide bonds. The van der Waals surface area contributed by atoms with E-state index in [1.165, 1.54) is 61.1 Å². The minimum absolute atomic E-state index is 0.244. The van der Waals surface area contributed by atoms with Gasteiger partial charge in [0.2, 0.25) is 0 Å². The van der Waals surface area contributed by atoms with E-state index in [0.717, 1.165) is 61.9 Å². The molecule has 2 aliphatic rings. The summed E-state index contributed by atoms with van der Waals surface area (Å²) < 4.78 is 21.1. The Kier molecular flexibility index (Phi) is 11.6. The average molecular weight is 625 g/mol. The molecule has 0 aliphatic carbocycles. The number of aromatic nitrogens is 1. The molecule has 0 atom stereocenters. The molecule has 0 unspecified atom stereocenters. The lowest BCUT2D eigenvalue weighted by atomic mass is 9.89. The van der Waals surface area contributed by atoms with E-state index in [0.29, 0.717) is 37.2 Å². The van der Waals surface area contributed by atoms with Crippen molar-refractivity contribution in [2.45, 2.75) is 77.0 Å². The molecule has 0 radical (unpaired) electrons. The summed E-state index contributed by atoms with van der Waals surface area (Å²) in [5.41, 5.74) is 3.25. The third-order valence-electron chi connectivity index (χ3n) is 9.15. The second-order valence-electron chi connectivity index (χ2n) is 12.2. The molecular formula is C35H46ClFN4O3. The Balaban J connectivity index is 1.06. The van der Waals surface area contributed by atoms with Gasteiger partial charge in [0.25, 0.3) is 0 Å². The van der Waals surface area contributed by atoms with Gasteiger partial charge in [0.15, 0.2) is 0 Å². The van der Waals surface area contributed by atoms with Gasteiger partial charge in [-0.05, 0) is 86.3 Å². The number of carbonyl (C=O) groups is 2. The van der Waals surface area contributed by atoms with Gasteiger partial charge in [-0.2, -0.15) is 0 Å². The van der Waals surface area contributed by atoms with Crippen LogP contribution >= 0.6 is 11.6 Å². The number of fused-ring (bicyclic) bond motifs is 1. The number of imide groups is 1. The molecule has 2 saturated heterocycles. The lowest BCUT2D eigenvalue weighted by Gasteiger charge is -2.33. The van der Waals surface area contributed by atoms with E-state index in [1.54, 1.807) is 17.0 Å². The summed E-state index contributed by atoms with van der Waals surface area (Å²) in [4.78, 5) is 30.8. The lowest BCUT2D eigenvalue weighted by Crippen LogP contribution is -2.42. The van der Waals surface area contributed by atoms with Gasteiger partial charge in [0.05, 0.1) is 18.7 Å². The number of unbranched alkanes of at least 4 members (excludes halogenated alkanes) is 7. The maximum absolute atomic E-state index is 13.6. The maximum atomic E-state index is 13.6. The minimum Gasteiger partial charge on any atom is -0.449 e. The highest BCUT2D eigenvalue weighted by Gasteiger charge is 2.34. The summed E-state index contributed by atoms with van der Waals surface area (Å²) >= 11 is 6.40. The van der Waals surface area contributed by atoms with E-state index in [-0.39, 0.29) is 11.8 Å². The monoisotopic (exact) mass is 624 g/mol. The number of ether oxygens (including phenoxy) is 1. The zero-order valence-corrected chi connectivity index (χ0v) is 26.7. The van der Waals surface area contributed by atoms with Gasteiger partial charge >= 0.3 is 12.1 Å². The predicted octanol–water partition coefficient (Wildman–Crippen LogP) is 8.62.